The number of rotatable bonds is 6. The van der Waals surface area contributed by atoms with Gasteiger partial charge in [-0.3, -0.25) is 9.78 Å². The van der Waals surface area contributed by atoms with Crippen LogP contribution in [0, 0.1) is 0 Å². The van der Waals surface area contributed by atoms with Crippen molar-refractivity contribution >= 4 is 28.2 Å². The molecule has 0 radical (unpaired) electrons. The Morgan fingerprint density at radius 1 is 1.20 bits per heavy atom. The summed E-state index contributed by atoms with van der Waals surface area (Å²) in [5.41, 5.74) is 6.48. The van der Waals surface area contributed by atoms with Gasteiger partial charge in [0.2, 0.25) is 0 Å². The van der Waals surface area contributed by atoms with Crippen molar-refractivity contribution in [3.63, 3.8) is 0 Å². The fourth-order valence-corrected chi connectivity index (χ4v) is 2.68. The van der Waals surface area contributed by atoms with Gasteiger partial charge in [0.05, 0.1) is 0 Å². The van der Waals surface area contributed by atoms with Crippen LogP contribution in [0.4, 0.5) is 11.5 Å². The number of hydrogen-bond donors (Lipinski definition) is 3. The van der Waals surface area contributed by atoms with E-state index in [9.17, 15) is 9.90 Å². The smallest absolute Gasteiger partial charge is 0.324 e. The van der Waals surface area contributed by atoms with Crippen molar-refractivity contribution in [3.8, 4) is 0 Å². The average molecular weight is 336 g/mol. The van der Waals surface area contributed by atoms with E-state index >= 15 is 0 Å². The van der Waals surface area contributed by atoms with E-state index < -0.39 is 11.5 Å². The maximum Gasteiger partial charge on any atom is 0.324 e. The first-order chi connectivity index (χ1) is 12.0. The molecule has 25 heavy (non-hydrogen) atoms. The summed E-state index contributed by atoms with van der Waals surface area (Å²) in [7, 11) is 0. The lowest BCUT2D eigenvalue weighted by atomic mass is 9.89. The monoisotopic (exact) mass is 336 g/mol. The number of anilines is 2. The third-order valence-electron chi connectivity index (χ3n) is 4.36. The second-order valence-corrected chi connectivity index (χ2v) is 6.07. The summed E-state index contributed by atoms with van der Waals surface area (Å²) in [5, 5.41) is 14.6. The zero-order valence-corrected chi connectivity index (χ0v) is 13.9. The Balaban J connectivity index is 1.80. The van der Waals surface area contributed by atoms with E-state index in [0.717, 1.165) is 27.8 Å². The number of aromatic nitrogens is 2. The van der Waals surface area contributed by atoms with Crippen LogP contribution < -0.4 is 11.1 Å². The summed E-state index contributed by atoms with van der Waals surface area (Å²) < 4.78 is 0. The molecular weight excluding hydrogens is 316 g/mol. The van der Waals surface area contributed by atoms with E-state index in [1.165, 1.54) is 0 Å². The zero-order chi connectivity index (χ0) is 17.9. The van der Waals surface area contributed by atoms with Gasteiger partial charge in [0, 0.05) is 41.5 Å². The minimum absolute atomic E-state index is 0.289. The van der Waals surface area contributed by atoms with Gasteiger partial charge in [-0.1, -0.05) is 19.1 Å². The van der Waals surface area contributed by atoms with Crippen LogP contribution in [0.25, 0.3) is 10.8 Å². The molecule has 6 nitrogen and oxygen atoms in total. The second-order valence-electron chi connectivity index (χ2n) is 6.07. The van der Waals surface area contributed by atoms with Crippen LogP contribution in [0.5, 0.6) is 0 Å². The molecule has 1 atom stereocenters. The van der Waals surface area contributed by atoms with Crippen molar-refractivity contribution in [2.24, 2.45) is 5.73 Å². The highest BCUT2D eigenvalue weighted by atomic mass is 16.4. The van der Waals surface area contributed by atoms with Gasteiger partial charge in [-0.05, 0) is 36.2 Å². The molecule has 0 spiro atoms. The number of carboxylic acid groups (broad SMARTS) is 1. The third-order valence-corrected chi connectivity index (χ3v) is 4.36. The number of fused-ring (bicyclic) bond motifs is 1. The maximum atomic E-state index is 11.3. The molecule has 3 rings (SSSR count). The minimum Gasteiger partial charge on any atom is -0.480 e. The molecule has 6 heteroatoms. The van der Waals surface area contributed by atoms with Crippen molar-refractivity contribution in [1.82, 2.24) is 9.97 Å². The molecule has 0 aliphatic heterocycles. The molecular formula is C19H20N4O2. The van der Waals surface area contributed by atoms with Crippen LogP contribution in [0.3, 0.4) is 0 Å². The first kappa shape index (κ1) is 16.9. The second kappa shape index (κ2) is 6.86. The van der Waals surface area contributed by atoms with E-state index in [4.69, 9.17) is 5.73 Å². The highest BCUT2D eigenvalue weighted by molar-refractivity contribution is 5.92. The van der Waals surface area contributed by atoms with Crippen LogP contribution in [-0.2, 0) is 11.2 Å². The molecule has 0 saturated heterocycles. The number of carboxylic acids is 1. The fraction of sp³-hybridized carbons (Fsp3) is 0.211. The molecule has 3 aromatic rings. The van der Waals surface area contributed by atoms with Gasteiger partial charge in [0.1, 0.15) is 11.4 Å². The number of hydrogen-bond acceptors (Lipinski definition) is 5. The summed E-state index contributed by atoms with van der Waals surface area (Å²) in [6.07, 6.45) is 5.92. The van der Waals surface area contributed by atoms with Gasteiger partial charge in [-0.2, -0.15) is 0 Å². The van der Waals surface area contributed by atoms with Crippen LogP contribution in [-0.4, -0.2) is 26.6 Å². The van der Waals surface area contributed by atoms with E-state index in [1.807, 2.05) is 36.4 Å². The quantitative estimate of drug-likeness (QED) is 0.639. The number of pyridine rings is 2. The van der Waals surface area contributed by atoms with Crippen molar-refractivity contribution < 1.29 is 9.90 Å². The predicted octanol–water partition coefficient (Wildman–Crippen LogP) is 3.11. The lowest BCUT2D eigenvalue weighted by molar-refractivity contribution is -0.143. The Morgan fingerprint density at radius 2 is 1.96 bits per heavy atom. The van der Waals surface area contributed by atoms with Gasteiger partial charge in [-0.25, -0.2) is 4.98 Å². The Labute approximate surface area is 145 Å². The summed E-state index contributed by atoms with van der Waals surface area (Å²) in [5.74, 6) is -0.231. The highest BCUT2D eigenvalue weighted by Crippen LogP contribution is 2.24. The van der Waals surface area contributed by atoms with Gasteiger partial charge < -0.3 is 16.2 Å². The minimum atomic E-state index is -1.24. The van der Waals surface area contributed by atoms with E-state index in [0.29, 0.717) is 6.42 Å². The van der Waals surface area contributed by atoms with Crippen LogP contribution in [0.2, 0.25) is 0 Å². The van der Waals surface area contributed by atoms with Crippen molar-refractivity contribution in [2.45, 2.75) is 25.3 Å². The Bertz CT molecular complexity index is 890. The molecule has 0 aliphatic rings. The Morgan fingerprint density at radius 3 is 2.64 bits per heavy atom. The van der Waals surface area contributed by atoms with Crippen LogP contribution in [0.1, 0.15) is 18.9 Å². The number of nitrogens with two attached hydrogens (primary N) is 1. The number of carbonyl (C=O) groups is 1. The summed E-state index contributed by atoms with van der Waals surface area (Å²) in [4.78, 5) is 19.8. The molecule has 0 amide bonds. The van der Waals surface area contributed by atoms with Crippen molar-refractivity contribution in [1.29, 1.82) is 0 Å². The highest BCUT2D eigenvalue weighted by Gasteiger charge is 2.31. The standard InChI is InChI=1S/C19H20N4O2/c1-2-19(20,18(24)25)11-13-3-5-15(6-4-13)23-17-16-8-9-21-12-14(16)7-10-22-17/h3-10,12H,2,11,20H2,1H3,(H,22,23)(H,24,25). The van der Waals surface area contributed by atoms with Crippen LogP contribution >= 0.6 is 0 Å². The van der Waals surface area contributed by atoms with Gasteiger partial charge in [0.15, 0.2) is 0 Å². The van der Waals surface area contributed by atoms with E-state index in [-0.39, 0.29) is 6.42 Å². The topological polar surface area (TPSA) is 101 Å². The van der Waals surface area contributed by atoms with Gasteiger partial charge >= 0.3 is 5.97 Å². The lowest BCUT2D eigenvalue weighted by Crippen LogP contribution is -2.49. The molecule has 4 N–H and O–H groups in total. The molecule has 2 heterocycles. The maximum absolute atomic E-state index is 11.3. The summed E-state index contributed by atoms with van der Waals surface area (Å²) in [6.45, 7) is 1.78. The number of nitrogens with one attached hydrogen (secondary N) is 1. The molecule has 1 aromatic carbocycles. The number of benzene rings is 1. The van der Waals surface area contributed by atoms with Crippen LogP contribution in [0.15, 0.2) is 55.0 Å². The lowest BCUT2D eigenvalue weighted by Gasteiger charge is -2.23. The summed E-state index contributed by atoms with van der Waals surface area (Å²) >= 11 is 0. The molecule has 1 unspecified atom stereocenters. The van der Waals surface area contributed by atoms with Gasteiger partial charge in [-0.15, -0.1) is 0 Å². The van der Waals surface area contributed by atoms with Crippen molar-refractivity contribution in [2.75, 3.05) is 5.32 Å². The average Bonchev–Trinajstić information content (AvgIpc) is 2.63. The summed E-state index contributed by atoms with van der Waals surface area (Å²) in [6, 6.07) is 11.4. The fourth-order valence-electron chi connectivity index (χ4n) is 2.68. The van der Waals surface area contributed by atoms with Crippen molar-refractivity contribution in [3.05, 3.63) is 60.6 Å². The van der Waals surface area contributed by atoms with E-state index in [2.05, 4.69) is 15.3 Å². The molecule has 0 fully saturated rings. The first-order valence-electron chi connectivity index (χ1n) is 8.09. The SMILES string of the molecule is CCC(N)(Cc1ccc(Nc2nccc3cnccc23)cc1)C(=O)O. The Hall–Kier alpha value is -2.99. The van der Waals surface area contributed by atoms with Gasteiger partial charge in [0.25, 0.3) is 0 Å². The largest absolute Gasteiger partial charge is 0.480 e. The molecule has 0 saturated carbocycles. The molecule has 0 bridgehead atoms. The Kier molecular flexibility index (Phi) is 4.63. The zero-order valence-electron chi connectivity index (χ0n) is 13.9. The number of aliphatic carboxylic acids is 1. The normalized spacial score (nSPS) is 13.4. The molecule has 0 aliphatic carbocycles. The third kappa shape index (κ3) is 3.59. The molecule has 2 aromatic heterocycles. The van der Waals surface area contributed by atoms with E-state index in [1.54, 1.807) is 25.5 Å². The first-order valence-corrected chi connectivity index (χ1v) is 8.09. The predicted molar refractivity (Wildman–Crippen MR) is 97.8 cm³/mol. The molecule has 128 valence electrons. The number of nitrogens with zero attached hydrogens (tertiary/aromatic N) is 2.